The third-order valence-electron chi connectivity index (χ3n) is 3.46. The van der Waals surface area contributed by atoms with Crippen LogP contribution in [0.3, 0.4) is 0 Å². The molecule has 2 rings (SSSR count). The maximum absolute atomic E-state index is 12.0. The molecule has 1 aromatic rings. The zero-order valence-electron chi connectivity index (χ0n) is 12.0. The van der Waals surface area contributed by atoms with E-state index in [1.165, 1.54) is 11.1 Å². The van der Waals surface area contributed by atoms with Crippen LogP contribution in [0.2, 0.25) is 0 Å². The predicted molar refractivity (Wildman–Crippen MR) is 75.8 cm³/mol. The van der Waals surface area contributed by atoms with Crippen molar-refractivity contribution in [2.24, 2.45) is 5.41 Å². The van der Waals surface area contributed by atoms with Gasteiger partial charge in [-0.15, -0.1) is 0 Å². The Morgan fingerprint density at radius 2 is 2.00 bits per heavy atom. The summed E-state index contributed by atoms with van der Waals surface area (Å²) >= 11 is 0. The van der Waals surface area contributed by atoms with Crippen LogP contribution in [0.1, 0.15) is 38.3 Å². The number of nitrogens with one attached hydrogen (secondary N) is 1. The van der Waals surface area contributed by atoms with Gasteiger partial charge in [-0.2, -0.15) is 0 Å². The molecule has 0 bridgehead atoms. The van der Waals surface area contributed by atoms with E-state index in [2.05, 4.69) is 38.2 Å². The van der Waals surface area contributed by atoms with Crippen molar-refractivity contribution in [3.63, 3.8) is 0 Å². The summed E-state index contributed by atoms with van der Waals surface area (Å²) in [5.74, 6) is -0.126. The smallest absolute Gasteiger partial charge is 0.323 e. The summed E-state index contributed by atoms with van der Waals surface area (Å²) in [7, 11) is 0. The first-order valence-electron chi connectivity index (χ1n) is 6.92. The highest BCUT2D eigenvalue weighted by atomic mass is 16.5. The Morgan fingerprint density at radius 3 is 2.68 bits per heavy atom. The molecular formula is C16H23NO2. The van der Waals surface area contributed by atoms with E-state index in [9.17, 15) is 4.79 Å². The summed E-state index contributed by atoms with van der Waals surface area (Å²) in [6.45, 7) is 7.69. The van der Waals surface area contributed by atoms with E-state index < -0.39 is 0 Å². The van der Waals surface area contributed by atoms with Gasteiger partial charge >= 0.3 is 5.97 Å². The first-order valence-corrected chi connectivity index (χ1v) is 6.92. The Labute approximate surface area is 115 Å². The first-order chi connectivity index (χ1) is 8.96. The lowest BCUT2D eigenvalue weighted by molar-refractivity contribution is -0.147. The van der Waals surface area contributed by atoms with Crippen molar-refractivity contribution >= 4 is 5.97 Å². The van der Waals surface area contributed by atoms with Crippen LogP contribution in [0.4, 0.5) is 0 Å². The largest absolute Gasteiger partial charge is 0.464 e. The lowest BCUT2D eigenvalue weighted by Gasteiger charge is -2.25. The average Bonchev–Trinajstić information content (AvgIpc) is 2.36. The van der Waals surface area contributed by atoms with Gasteiger partial charge in [0.1, 0.15) is 6.04 Å². The topological polar surface area (TPSA) is 38.3 Å². The van der Waals surface area contributed by atoms with Crippen LogP contribution in [0.5, 0.6) is 0 Å². The van der Waals surface area contributed by atoms with E-state index in [-0.39, 0.29) is 17.4 Å². The maximum atomic E-state index is 12.0. The zero-order chi connectivity index (χ0) is 13.9. The summed E-state index contributed by atoms with van der Waals surface area (Å²) in [4.78, 5) is 12.0. The molecule has 1 atom stereocenters. The molecule has 1 aliphatic rings. The number of carbonyl (C=O) groups is 1. The van der Waals surface area contributed by atoms with Gasteiger partial charge in [0.2, 0.25) is 0 Å². The van der Waals surface area contributed by atoms with Crippen molar-refractivity contribution < 1.29 is 9.53 Å². The monoisotopic (exact) mass is 261 g/mol. The minimum absolute atomic E-state index is 0.126. The van der Waals surface area contributed by atoms with E-state index in [1.54, 1.807) is 0 Å². The van der Waals surface area contributed by atoms with Gasteiger partial charge in [-0.1, -0.05) is 45.0 Å². The zero-order valence-corrected chi connectivity index (χ0v) is 12.0. The fourth-order valence-electron chi connectivity index (χ4n) is 2.18. The Bertz CT molecular complexity index is 448. The van der Waals surface area contributed by atoms with Crippen molar-refractivity contribution in [2.75, 3.05) is 6.61 Å². The molecular weight excluding hydrogens is 238 g/mol. The number of ether oxygens (including phenoxy) is 1. The average molecular weight is 261 g/mol. The molecule has 3 nitrogen and oxygen atoms in total. The number of esters is 1. The summed E-state index contributed by atoms with van der Waals surface area (Å²) < 4.78 is 5.37. The minimum atomic E-state index is -0.199. The Kier molecular flexibility index (Phi) is 4.25. The molecule has 1 aromatic carbocycles. The van der Waals surface area contributed by atoms with Crippen LogP contribution in [-0.4, -0.2) is 18.6 Å². The van der Waals surface area contributed by atoms with E-state index in [1.807, 2.05) is 12.1 Å². The molecule has 1 heterocycles. The molecule has 0 radical (unpaired) electrons. The second-order valence-electron chi connectivity index (χ2n) is 6.38. The predicted octanol–water partition coefficient (Wildman–Crippen LogP) is 2.68. The molecule has 0 aromatic heterocycles. The van der Waals surface area contributed by atoms with E-state index in [0.717, 1.165) is 19.4 Å². The van der Waals surface area contributed by atoms with Crippen molar-refractivity contribution in [3.05, 3.63) is 35.4 Å². The molecule has 1 aliphatic heterocycles. The summed E-state index contributed by atoms with van der Waals surface area (Å²) in [6.07, 6.45) is 1.62. The van der Waals surface area contributed by atoms with Gasteiger partial charge in [0.05, 0.1) is 6.61 Å². The number of rotatable bonds is 3. The maximum Gasteiger partial charge on any atom is 0.323 e. The lowest BCUT2D eigenvalue weighted by atomic mass is 9.93. The van der Waals surface area contributed by atoms with E-state index >= 15 is 0 Å². The molecule has 19 heavy (non-hydrogen) atoms. The van der Waals surface area contributed by atoms with Crippen molar-refractivity contribution in [2.45, 2.75) is 46.2 Å². The highest BCUT2D eigenvalue weighted by molar-refractivity contribution is 5.76. The van der Waals surface area contributed by atoms with E-state index in [0.29, 0.717) is 6.61 Å². The van der Waals surface area contributed by atoms with Crippen LogP contribution in [0.25, 0.3) is 0 Å². The van der Waals surface area contributed by atoms with Gasteiger partial charge in [-0.05, 0) is 29.4 Å². The van der Waals surface area contributed by atoms with Crippen LogP contribution < -0.4 is 5.32 Å². The van der Waals surface area contributed by atoms with Crippen LogP contribution in [-0.2, 0) is 22.5 Å². The van der Waals surface area contributed by atoms with Gasteiger partial charge in [0.25, 0.3) is 0 Å². The fraction of sp³-hybridized carbons (Fsp3) is 0.562. The summed E-state index contributed by atoms with van der Waals surface area (Å²) in [6, 6.07) is 8.04. The van der Waals surface area contributed by atoms with Crippen molar-refractivity contribution in [1.82, 2.24) is 5.32 Å². The Hall–Kier alpha value is -1.35. The molecule has 0 spiro atoms. The van der Waals surface area contributed by atoms with Gasteiger partial charge in [-0.3, -0.25) is 4.79 Å². The number of carbonyl (C=O) groups excluding carboxylic acids is 1. The molecule has 3 heteroatoms. The highest BCUT2D eigenvalue weighted by Gasteiger charge is 2.25. The second-order valence-corrected chi connectivity index (χ2v) is 6.38. The van der Waals surface area contributed by atoms with Crippen LogP contribution in [0.15, 0.2) is 24.3 Å². The SMILES string of the molecule is CC(C)(C)CCOC(=O)[C@@H]1Cc2ccccc2CN1. The van der Waals surface area contributed by atoms with Crippen molar-refractivity contribution in [1.29, 1.82) is 0 Å². The molecule has 0 saturated carbocycles. The normalized spacial score (nSPS) is 18.8. The lowest BCUT2D eigenvalue weighted by Crippen LogP contribution is -2.43. The molecule has 0 unspecified atom stereocenters. The minimum Gasteiger partial charge on any atom is -0.464 e. The Morgan fingerprint density at radius 1 is 1.32 bits per heavy atom. The van der Waals surface area contributed by atoms with Gasteiger partial charge in [0, 0.05) is 6.54 Å². The molecule has 0 fully saturated rings. The summed E-state index contributed by atoms with van der Waals surface area (Å²) in [5, 5.41) is 3.25. The standard InChI is InChI=1S/C16H23NO2/c1-16(2,3)8-9-19-15(18)14-10-12-6-4-5-7-13(12)11-17-14/h4-7,14,17H,8-11H2,1-3H3/t14-/m0/s1. The number of fused-ring (bicyclic) bond motifs is 1. The van der Waals surface area contributed by atoms with E-state index in [4.69, 9.17) is 4.74 Å². The van der Waals surface area contributed by atoms with Crippen LogP contribution >= 0.6 is 0 Å². The van der Waals surface area contributed by atoms with Crippen LogP contribution in [0, 0.1) is 5.41 Å². The molecule has 0 saturated heterocycles. The fourth-order valence-corrected chi connectivity index (χ4v) is 2.18. The molecule has 1 N–H and O–H groups in total. The highest BCUT2D eigenvalue weighted by Crippen LogP contribution is 2.19. The first kappa shape index (κ1) is 14.1. The molecule has 0 aliphatic carbocycles. The number of hydrogen-bond donors (Lipinski definition) is 1. The van der Waals surface area contributed by atoms with Gasteiger partial charge in [0.15, 0.2) is 0 Å². The summed E-state index contributed by atoms with van der Waals surface area (Å²) in [5.41, 5.74) is 2.73. The number of hydrogen-bond acceptors (Lipinski definition) is 3. The van der Waals surface area contributed by atoms with Gasteiger partial charge in [-0.25, -0.2) is 0 Å². The third kappa shape index (κ3) is 4.06. The van der Waals surface area contributed by atoms with Crippen molar-refractivity contribution in [3.8, 4) is 0 Å². The molecule has 104 valence electrons. The quantitative estimate of drug-likeness (QED) is 0.850. The molecule has 0 amide bonds. The number of benzene rings is 1. The van der Waals surface area contributed by atoms with Gasteiger partial charge < -0.3 is 10.1 Å². The Balaban J connectivity index is 1.85. The second kappa shape index (κ2) is 5.74. The third-order valence-corrected chi connectivity index (χ3v) is 3.46.